The van der Waals surface area contributed by atoms with E-state index >= 15 is 0 Å². The minimum Gasteiger partial charge on any atom is -0.486 e. The number of hydrogen-bond acceptors (Lipinski definition) is 4. The molecular formula is C19H30N2O2. The summed E-state index contributed by atoms with van der Waals surface area (Å²) in [5, 5.41) is 3.28. The fourth-order valence-electron chi connectivity index (χ4n) is 3.38. The first-order chi connectivity index (χ1) is 11.4. The molecule has 1 unspecified atom stereocenters. The van der Waals surface area contributed by atoms with Crippen LogP contribution in [0.15, 0.2) is 24.3 Å². The molecule has 1 N–H and O–H groups in total. The summed E-state index contributed by atoms with van der Waals surface area (Å²) in [5.41, 5.74) is 0. The zero-order chi connectivity index (χ0) is 15.7. The van der Waals surface area contributed by atoms with Crippen LogP contribution in [-0.2, 0) is 0 Å². The van der Waals surface area contributed by atoms with Gasteiger partial charge in [0, 0.05) is 6.54 Å². The van der Waals surface area contributed by atoms with E-state index in [1.165, 1.54) is 64.7 Å². The summed E-state index contributed by atoms with van der Waals surface area (Å²) in [6, 6.07) is 7.92. The zero-order valence-electron chi connectivity index (χ0n) is 14.1. The molecule has 0 amide bonds. The van der Waals surface area contributed by atoms with E-state index in [4.69, 9.17) is 9.47 Å². The van der Waals surface area contributed by atoms with Crippen molar-refractivity contribution >= 4 is 0 Å². The van der Waals surface area contributed by atoms with Gasteiger partial charge in [-0.15, -0.1) is 0 Å². The molecule has 0 saturated carbocycles. The van der Waals surface area contributed by atoms with Crippen molar-refractivity contribution in [3.05, 3.63) is 24.3 Å². The molecule has 1 aromatic carbocycles. The number of likely N-dealkylation sites (tertiary alicyclic amines) is 1. The Morgan fingerprint density at radius 3 is 2.26 bits per heavy atom. The third-order valence-corrected chi connectivity index (χ3v) is 4.69. The Labute approximate surface area is 140 Å². The molecule has 23 heavy (non-hydrogen) atoms. The topological polar surface area (TPSA) is 33.7 Å². The number of rotatable bonds is 2. The molecule has 3 aliphatic heterocycles. The molecule has 0 spiro atoms. The van der Waals surface area contributed by atoms with Gasteiger partial charge in [0.05, 0.1) is 0 Å². The number of para-hydroxylation sites is 2. The lowest BCUT2D eigenvalue weighted by Crippen LogP contribution is -2.42. The molecule has 0 aliphatic carbocycles. The molecule has 0 bridgehead atoms. The Morgan fingerprint density at radius 1 is 0.913 bits per heavy atom. The first-order valence-electron chi connectivity index (χ1n) is 9.23. The van der Waals surface area contributed by atoms with E-state index in [2.05, 4.69) is 10.2 Å². The maximum atomic E-state index is 5.97. The van der Waals surface area contributed by atoms with E-state index in [9.17, 15) is 0 Å². The first-order valence-corrected chi connectivity index (χ1v) is 9.23. The van der Waals surface area contributed by atoms with E-state index in [1.54, 1.807) is 0 Å². The highest BCUT2D eigenvalue weighted by molar-refractivity contribution is 5.40. The Kier molecular flexibility index (Phi) is 6.59. The van der Waals surface area contributed by atoms with Gasteiger partial charge in [0.25, 0.3) is 0 Å². The molecule has 2 fully saturated rings. The predicted octanol–water partition coefficient (Wildman–Crippen LogP) is 3.07. The van der Waals surface area contributed by atoms with Crippen LogP contribution in [0.1, 0.15) is 38.5 Å². The van der Waals surface area contributed by atoms with Crippen LogP contribution in [0.5, 0.6) is 11.5 Å². The largest absolute Gasteiger partial charge is 0.486 e. The van der Waals surface area contributed by atoms with Gasteiger partial charge in [-0.1, -0.05) is 25.0 Å². The van der Waals surface area contributed by atoms with Crippen molar-refractivity contribution in [3.63, 3.8) is 0 Å². The normalized spacial score (nSPS) is 24.4. The van der Waals surface area contributed by atoms with Crippen LogP contribution in [-0.4, -0.2) is 50.3 Å². The standard InChI is InChI=1S/C14H19NO2.C5H11N/c1-4-8-15(9-5-1)10-12-11-16-13-6-2-3-7-14(13)17-12;1-2-4-6-5-3-1/h2-3,6-7,12H,1,4-5,8-11H2;6H,1-5H2. The molecular weight excluding hydrogens is 288 g/mol. The van der Waals surface area contributed by atoms with Gasteiger partial charge in [-0.05, 0) is 64.0 Å². The molecule has 1 aromatic rings. The van der Waals surface area contributed by atoms with Gasteiger partial charge in [0.1, 0.15) is 12.7 Å². The molecule has 3 heterocycles. The van der Waals surface area contributed by atoms with Gasteiger partial charge in [0.2, 0.25) is 0 Å². The SMILES string of the molecule is C1CCNCC1.c1ccc2c(c1)OCC(CN1CCCCC1)O2. The molecule has 2 saturated heterocycles. The van der Waals surface area contributed by atoms with Crippen molar-refractivity contribution in [1.82, 2.24) is 10.2 Å². The number of benzene rings is 1. The quantitative estimate of drug-likeness (QED) is 0.908. The van der Waals surface area contributed by atoms with Crippen LogP contribution in [0.4, 0.5) is 0 Å². The second-order valence-corrected chi connectivity index (χ2v) is 6.67. The Balaban J connectivity index is 0.000000220. The fourth-order valence-corrected chi connectivity index (χ4v) is 3.38. The lowest BCUT2D eigenvalue weighted by atomic mass is 10.1. The lowest BCUT2D eigenvalue weighted by Gasteiger charge is -2.33. The molecule has 128 valence electrons. The van der Waals surface area contributed by atoms with Gasteiger partial charge in [0.15, 0.2) is 11.5 Å². The first kappa shape index (κ1) is 16.6. The van der Waals surface area contributed by atoms with Crippen LogP contribution in [0.25, 0.3) is 0 Å². The highest BCUT2D eigenvalue weighted by atomic mass is 16.6. The Hall–Kier alpha value is -1.26. The summed E-state index contributed by atoms with van der Waals surface area (Å²) < 4.78 is 11.7. The van der Waals surface area contributed by atoms with Gasteiger partial charge < -0.3 is 14.8 Å². The highest BCUT2D eigenvalue weighted by Crippen LogP contribution is 2.31. The Morgan fingerprint density at radius 2 is 1.61 bits per heavy atom. The number of nitrogens with one attached hydrogen (secondary N) is 1. The number of piperidine rings is 2. The smallest absolute Gasteiger partial charge is 0.161 e. The third-order valence-electron chi connectivity index (χ3n) is 4.69. The number of fused-ring (bicyclic) bond motifs is 1. The molecule has 4 rings (SSSR count). The second-order valence-electron chi connectivity index (χ2n) is 6.67. The summed E-state index contributed by atoms with van der Waals surface area (Å²) >= 11 is 0. The van der Waals surface area contributed by atoms with Crippen molar-refractivity contribution < 1.29 is 9.47 Å². The van der Waals surface area contributed by atoms with E-state index in [1.807, 2.05) is 24.3 Å². The predicted molar refractivity (Wildman–Crippen MR) is 93.4 cm³/mol. The molecule has 1 atom stereocenters. The molecule has 4 nitrogen and oxygen atoms in total. The number of nitrogens with zero attached hydrogens (tertiary/aromatic N) is 1. The summed E-state index contributed by atoms with van der Waals surface area (Å²) in [5.74, 6) is 1.77. The summed E-state index contributed by atoms with van der Waals surface area (Å²) in [4.78, 5) is 2.49. The second kappa shape index (κ2) is 9.14. The average Bonchev–Trinajstić information content (AvgIpc) is 2.64. The third kappa shape index (κ3) is 5.40. The van der Waals surface area contributed by atoms with Crippen LogP contribution in [0.3, 0.4) is 0 Å². The van der Waals surface area contributed by atoms with Crippen molar-refractivity contribution in [2.75, 3.05) is 39.3 Å². The van der Waals surface area contributed by atoms with Gasteiger partial charge >= 0.3 is 0 Å². The van der Waals surface area contributed by atoms with Crippen LogP contribution in [0.2, 0.25) is 0 Å². The molecule has 4 heteroatoms. The maximum Gasteiger partial charge on any atom is 0.161 e. The fraction of sp³-hybridized carbons (Fsp3) is 0.684. The molecule has 0 aromatic heterocycles. The van der Waals surface area contributed by atoms with Crippen molar-refractivity contribution in [1.29, 1.82) is 0 Å². The summed E-state index contributed by atoms with van der Waals surface area (Å²) in [6.45, 7) is 6.59. The summed E-state index contributed by atoms with van der Waals surface area (Å²) in [7, 11) is 0. The van der Waals surface area contributed by atoms with Gasteiger partial charge in [-0.2, -0.15) is 0 Å². The Bertz CT molecular complexity index is 445. The molecule has 0 radical (unpaired) electrons. The maximum absolute atomic E-state index is 5.97. The van der Waals surface area contributed by atoms with Crippen molar-refractivity contribution in [2.24, 2.45) is 0 Å². The monoisotopic (exact) mass is 318 g/mol. The lowest BCUT2D eigenvalue weighted by molar-refractivity contribution is 0.0533. The molecule has 3 aliphatic rings. The minimum atomic E-state index is 0.183. The number of ether oxygens (including phenoxy) is 2. The van der Waals surface area contributed by atoms with E-state index < -0.39 is 0 Å². The minimum absolute atomic E-state index is 0.183. The zero-order valence-corrected chi connectivity index (χ0v) is 14.1. The van der Waals surface area contributed by atoms with Crippen molar-refractivity contribution in [3.8, 4) is 11.5 Å². The van der Waals surface area contributed by atoms with Crippen molar-refractivity contribution in [2.45, 2.75) is 44.6 Å². The van der Waals surface area contributed by atoms with Crippen LogP contribution in [0, 0.1) is 0 Å². The van der Waals surface area contributed by atoms with E-state index in [-0.39, 0.29) is 6.10 Å². The number of hydrogen-bond donors (Lipinski definition) is 1. The van der Waals surface area contributed by atoms with E-state index in [0.717, 1.165) is 18.0 Å². The average molecular weight is 318 g/mol. The van der Waals surface area contributed by atoms with Crippen LogP contribution >= 0.6 is 0 Å². The van der Waals surface area contributed by atoms with Gasteiger partial charge in [-0.25, -0.2) is 0 Å². The van der Waals surface area contributed by atoms with Crippen LogP contribution < -0.4 is 14.8 Å². The van der Waals surface area contributed by atoms with E-state index in [0.29, 0.717) is 6.61 Å². The highest BCUT2D eigenvalue weighted by Gasteiger charge is 2.23. The summed E-state index contributed by atoms with van der Waals surface area (Å²) in [6.07, 6.45) is 8.42. The van der Waals surface area contributed by atoms with Gasteiger partial charge in [-0.3, -0.25) is 4.90 Å².